The molecule has 1 aromatic carbocycles. The van der Waals surface area contributed by atoms with Crippen LogP contribution in [0, 0.1) is 5.92 Å². The van der Waals surface area contributed by atoms with Gasteiger partial charge >= 0.3 is 0 Å². The summed E-state index contributed by atoms with van der Waals surface area (Å²) in [7, 11) is 0. The zero-order valence-corrected chi connectivity index (χ0v) is 15.9. The van der Waals surface area contributed by atoms with E-state index in [4.69, 9.17) is 4.74 Å². The average Bonchev–Trinajstić information content (AvgIpc) is 2.70. The van der Waals surface area contributed by atoms with Crippen molar-refractivity contribution in [2.75, 3.05) is 25.0 Å². The summed E-state index contributed by atoms with van der Waals surface area (Å²) in [6.07, 6.45) is 3.89. The van der Waals surface area contributed by atoms with Gasteiger partial charge in [0.15, 0.2) is 0 Å². The number of nitrogens with zero attached hydrogens (tertiary/aromatic N) is 2. The smallest absolute Gasteiger partial charge is 0.251 e. The van der Waals surface area contributed by atoms with Crippen LogP contribution in [0.3, 0.4) is 0 Å². The lowest BCUT2D eigenvalue weighted by atomic mass is 9.84. The van der Waals surface area contributed by atoms with Gasteiger partial charge in [-0.25, -0.2) is 4.98 Å². The third-order valence-corrected chi connectivity index (χ3v) is 5.37. The Labute approximate surface area is 164 Å². The van der Waals surface area contributed by atoms with Crippen molar-refractivity contribution in [1.29, 1.82) is 0 Å². The summed E-state index contributed by atoms with van der Waals surface area (Å²) in [5, 5.41) is 5.80. The van der Waals surface area contributed by atoms with Crippen LogP contribution in [0.5, 0.6) is 11.5 Å². The van der Waals surface area contributed by atoms with E-state index >= 15 is 0 Å². The molecule has 2 N–H and O–H groups in total. The monoisotopic (exact) mass is 380 g/mol. The number of fused-ring (bicyclic) bond motifs is 3. The normalized spacial score (nSPS) is 23.1. The van der Waals surface area contributed by atoms with E-state index in [0.717, 1.165) is 19.6 Å². The van der Waals surface area contributed by atoms with Gasteiger partial charge in [-0.1, -0.05) is 0 Å². The minimum atomic E-state index is -0.173. The number of rotatable bonds is 5. The molecule has 28 heavy (non-hydrogen) atoms. The number of aromatic nitrogens is 1. The molecular weight excluding hydrogens is 356 g/mol. The number of amides is 2. The number of ether oxygens (including phenoxy) is 1. The summed E-state index contributed by atoms with van der Waals surface area (Å²) < 4.78 is 5.75. The van der Waals surface area contributed by atoms with Crippen molar-refractivity contribution in [1.82, 2.24) is 15.2 Å². The average molecular weight is 380 g/mol. The van der Waals surface area contributed by atoms with Gasteiger partial charge in [-0.3, -0.25) is 9.59 Å². The third kappa shape index (κ3) is 4.31. The quantitative estimate of drug-likeness (QED) is 0.833. The highest BCUT2D eigenvalue weighted by Crippen LogP contribution is 2.28. The Morgan fingerprint density at radius 1 is 1.07 bits per heavy atom. The molecule has 1 unspecified atom stereocenters. The molecule has 1 atom stereocenters. The van der Waals surface area contributed by atoms with E-state index in [1.165, 1.54) is 19.8 Å². The van der Waals surface area contributed by atoms with E-state index < -0.39 is 0 Å². The molecule has 2 amide bonds. The number of hydrogen-bond acceptors (Lipinski definition) is 5. The highest BCUT2D eigenvalue weighted by Gasteiger charge is 2.34. The van der Waals surface area contributed by atoms with E-state index in [2.05, 4.69) is 20.5 Å². The second kappa shape index (κ2) is 7.98. The van der Waals surface area contributed by atoms with Gasteiger partial charge in [-0.2, -0.15) is 0 Å². The van der Waals surface area contributed by atoms with Crippen LogP contribution >= 0.6 is 0 Å². The number of benzene rings is 1. The van der Waals surface area contributed by atoms with Gasteiger partial charge in [-0.05, 0) is 68.2 Å². The Morgan fingerprint density at radius 3 is 2.36 bits per heavy atom. The van der Waals surface area contributed by atoms with Crippen LogP contribution in [0.2, 0.25) is 0 Å². The number of carbonyl (C=O) groups is 2. The van der Waals surface area contributed by atoms with Crippen molar-refractivity contribution >= 4 is 17.6 Å². The van der Waals surface area contributed by atoms with Gasteiger partial charge in [0.1, 0.15) is 17.3 Å². The van der Waals surface area contributed by atoms with Crippen molar-refractivity contribution in [3.8, 4) is 11.5 Å². The SMILES string of the molecule is CC(=O)Nc1ccc(Oc2ccc(C(=O)NC3CN4CCC3CC4)cc2)cn1. The molecule has 0 spiro atoms. The van der Waals surface area contributed by atoms with Crippen molar-refractivity contribution in [3.63, 3.8) is 0 Å². The number of nitrogens with one attached hydrogen (secondary N) is 2. The predicted molar refractivity (Wildman–Crippen MR) is 105 cm³/mol. The van der Waals surface area contributed by atoms with Crippen LogP contribution in [0.15, 0.2) is 42.6 Å². The van der Waals surface area contributed by atoms with Crippen molar-refractivity contribution < 1.29 is 14.3 Å². The standard InChI is InChI=1S/C21H24N4O3/c1-14(26)23-20-7-6-18(12-22-20)28-17-4-2-16(3-5-17)21(27)24-19-13-25-10-8-15(19)9-11-25/h2-7,12,15,19H,8-11,13H2,1H3,(H,24,27)(H,22,23,26). The Balaban J connectivity index is 1.34. The molecule has 3 fully saturated rings. The molecule has 1 aromatic heterocycles. The fourth-order valence-electron chi connectivity index (χ4n) is 3.89. The minimum absolute atomic E-state index is 0.0355. The molecule has 3 aliphatic rings. The van der Waals surface area contributed by atoms with Crippen LogP contribution in [0.25, 0.3) is 0 Å². The zero-order valence-electron chi connectivity index (χ0n) is 15.9. The summed E-state index contributed by atoms with van der Waals surface area (Å²) >= 11 is 0. The molecule has 2 aromatic rings. The largest absolute Gasteiger partial charge is 0.456 e. The maximum atomic E-state index is 12.6. The molecule has 0 saturated carbocycles. The van der Waals surface area contributed by atoms with E-state index in [1.807, 2.05) is 0 Å². The lowest BCUT2D eigenvalue weighted by Crippen LogP contribution is -2.57. The topological polar surface area (TPSA) is 83.6 Å². The molecule has 0 aliphatic carbocycles. The second-order valence-electron chi connectivity index (χ2n) is 7.40. The van der Waals surface area contributed by atoms with Gasteiger partial charge in [-0.15, -0.1) is 0 Å². The molecule has 4 heterocycles. The summed E-state index contributed by atoms with van der Waals surface area (Å²) in [4.78, 5) is 30.1. The molecule has 0 radical (unpaired) electrons. The van der Waals surface area contributed by atoms with E-state index in [9.17, 15) is 9.59 Å². The number of carbonyl (C=O) groups excluding carboxylic acids is 2. The number of hydrogen-bond donors (Lipinski definition) is 2. The lowest BCUT2D eigenvalue weighted by molar-refractivity contribution is -0.114. The molecule has 146 valence electrons. The van der Waals surface area contributed by atoms with Crippen LogP contribution in [0.1, 0.15) is 30.1 Å². The Hall–Kier alpha value is -2.93. The van der Waals surface area contributed by atoms with Crippen molar-refractivity contribution in [3.05, 3.63) is 48.2 Å². The van der Waals surface area contributed by atoms with E-state index in [1.54, 1.807) is 42.6 Å². The van der Waals surface area contributed by atoms with Crippen molar-refractivity contribution in [2.24, 2.45) is 5.92 Å². The molecule has 2 bridgehead atoms. The summed E-state index contributed by atoms with van der Waals surface area (Å²) in [5.74, 6) is 2.04. The Kier molecular flexibility index (Phi) is 5.25. The van der Waals surface area contributed by atoms with Crippen LogP contribution in [-0.2, 0) is 4.79 Å². The molecule has 7 nitrogen and oxygen atoms in total. The highest BCUT2D eigenvalue weighted by atomic mass is 16.5. The number of piperidine rings is 3. The van der Waals surface area contributed by atoms with Gasteiger partial charge in [0.25, 0.3) is 5.91 Å². The third-order valence-electron chi connectivity index (χ3n) is 5.37. The zero-order chi connectivity index (χ0) is 19.5. The Morgan fingerprint density at radius 2 is 1.79 bits per heavy atom. The first kappa shape index (κ1) is 18.4. The van der Waals surface area contributed by atoms with Gasteiger partial charge in [0.2, 0.25) is 5.91 Å². The van der Waals surface area contributed by atoms with E-state index in [0.29, 0.717) is 28.8 Å². The fraction of sp³-hybridized carbons (Fsp3) is 0.381. The first-order chi connectivity index (χ1) is 13.6. The van der Waals surface area contributed by atoms with Gasteiger partial charge < -0.3 is 20.3 Å². The molecule has 5 rings (SSSR count). The highest BCUT2D eigenvalue weighted by molar-refractivity contribution is 5.94. The van der Waals surface area contributed by atoms with E-state index in [-0.39, 0.29) is 17.9 Å². The summed E-state index contributed by atoms with van der Waals surface area (Å²) in [6, 6.07) is 10.7. The van der Waals surface area contributed by atoms with Crippen molar-refractivity contribution in [2.45, 2.75) is 25.8 Å². The molecule has 3 aliphatic heterocycles. The van der Waals surface area contributed by atoms with Gasteiger partial charge in [0, 0.05) is 25.1 Å². The van der Waals surface area contributed by atoms with Crippen LogP contribution in [-0.4, -0.2) is 47.4 Å². The first-order valence-electron chi connectivity index (χ1n) is 9.61. The minimum Gasteiger partial charge on any atom is -0.456 e. The van der Waals surface area contributed by atoms with Crippen LogP contribution < -0.4 is 15.4 Å². The maximum absolute atomic E-state index is 12.6. The predicted octanol–water partition coefficient (Wildman–Crippen LogP) is 2.66. The molecule has 3 saturated heterocycles. The number of pyridine rings is 1. The van der Waals surface area contributed by atoms with Gasteiger partial charge in [0.05, 0.1) is 6.20 Å². The number of anilines is 1. The molecule has 7 heteroatoms. The molecular formula is C21H24N4O3. The van der Waals surface area contributed by atoms with Crippen LogP contribution in [0.4, 0.5) is 5.82 Å². The second-order valence-corrected chi connectivity index (χ2v) is 7.40. The maximum Gasteiger partial charge on any atom is 0.251 e. The lowest BCUT2D eigenvalue weighted by Gasteiger charge is -2.44. The first-order valence-corrected chi connectivity index (χ1v) is 9.61. The Bertz CT molecular complexity index is 843. The summed E-state index contributed by atoms with van der Waals surface area (Å²) in [5.41, 5.74) is 0.628. The summed E-state index contributed by atoms with van der Waals surface area (Å²) in [6.45, 7) is 4.70. The fourth-order valence-corrected chi connectivity index (χ4v) is 3.89.